The van der Waals surface area contributed by atoms with E-state index >= 15 is 0 Å². The highest BCUT2D eigenvalue weighted by Gasteiger charge is 2.46. The van der Waals surface area contributed by atoms with Gasteiger partial charge in [0.25, 0.3) is 15.7 Å². The molecule has 1 amide bonds. The van der Waals surface area contributed by atoms with Gasteiger partial charge < -0.3 is 9.80 Å². The Hall–Kier alpha value is -3.08. The second kappa shape index (κ2) is 7.31. The first-order valence-corrected chi connectivity index (χ1v) is 10.6. The predicted octanol–water partition coefficient (Wildman–Crippen LogP) is 2.82. The van der Waals surface area contributed by atoms with Crippen LogP contribution in [0, 0.1) is 0 Å². The Morgan fingerprint density at radius 3 is 2.23 bits per heavy atom. The Bertz CT molecular complexity index is 1180. The van der Waals surface area contributed by atoms with Gasteiger partial charge in [-0.2, -0.15) is 18.3 Å². The van der Waals surface area contributed by atoms with Crippen molar-refractivity contribution in [2.75, 3.05) is 31.1 Å². The highest BCUT2D eigenvalue weighted by Crippen LogP contribution is 2.31. The van der Waals surface area contributed by atoms with Crippen molar-refractivity contribution in [3.8, 4) is 0 Å². The first-order valence-electron chi connectivity index (χ1n) is 9.07. The van der Waals surface area contributed by atoms with Gasteiger partial charge in [-0.15, -0.1) is 0 Å². The van der Waals surface area contributed by atoms with E-state index in [0.717, 1.165) is 23.0 Å². The monoisotopic (exact) mass is 438 g/mol. The summed E-state index contributed by atoms with van der Waals surface area (Å²) in [7, 11) is -5.37. The highest BCUT2D eigenvalue weighted by atomic mass is 32.2. The smallest absolute Gasteiger partial charge is 0.368 e. The third-order valence-electron chi connectivity index (χ3n) is 5.06. The summed E-state index contributed by atoms with van der Waals surface area (Å²) in [5.74, 6) is -0.196. The molecule has 0 aliphatic carbocycles. The number of hydrogen-bond donors (Lipinski definition) is 1. The van der Waals surface area contributed by atoms with Gasteiger partial charge in [0.05, 0.1) is 10.4 Å². The molecule has 1 N–H and O–H groups in total. The third-order valence-corrected chi connectivity index (χ3v) is 6.56. The van der Waals surface area contributed by atoms with Crippen LogP contribution in [0.1, 0.15) is 10.5 Å². The largest absolute Gasteiger partial charge is 0.501 e. The lowest BCUT2D eigenvalue weighted by Gasteiger charge is -2.36. The van der Waals surface area contributed by atoms with Crippen molar-refractivity contribution >= 4 is 32.3 Å². The normalized spacial score (nSPS) is 15.6. The number of nitrogens with zero attached hydrogens (tertiary/aromatic N) is 3. The minimum absolute atomic E-state index is 0.196. The molecule has 158 valence electrons. The highest BCUT2D eigenvalue weighted by molar-refractivity contribution is 7.92. The molecule has 2 heterocycles. The molecule has 1 saturated heterocycles. The number of sulfone groups is 1. The van der Waals surface area contributed by atoms with Crippen molar-refractivity contribution in [3.05, 3.63) is 54.2 Å². The quantitative estimate of drug-likeness (QED) is 0.680. The van der Waals surface area contributed by atoms with Gasteiger partial charge >= 0.3 is 5.51 Å². The summed E-state index contributed by atoms with van der Waals surface area (Å²) in [6.07, 6.45) is 0. The molecule has 1 aliphatic rings. The van der Waals surface area contributed by atoms with Crippen LogP contribution in [0.15, 0.2) is 53.4 Å². The summed E-state index contributed by atoms with van der Waals surface area (Å²) in [6, 6.07) is 11.9. The van der Waals surface area contributed by atoms with E-state index < -0.39 is 20.2 Å². The number of aromatic amines is 1. The molecule has 0 atom stereocenters. The number of fused-ring (bicyclic) bond motifs is 1. The molecule has 0 unspecified atom stereocenters. The van der Waals surface area contributed by atoms with Crippen molar-refractivity contribution in [2.24, 2.45) is 0 Å². The van der Waals surface area contributed by atoms with Crippen molar-refractivity contribution in [1.29, 1.82) is 0 Å². The van der Waals surface area contributed by atoms with Crippen LogP contribution < -0.4 is 4.90 Å². The third kappa shape index (κ3) is 3.49. The van der Waals surface area contributed by atoms with Crippen LogP contribution in [0.2, 0.25) is 0 Å². The number of carbonyl (C=O) groups is 1. The Labute approximate surface area is 170 Å². The average Bonchev–Trinajstić information content (AvgIpc) is 3.17. The Morgan fingerprint density at radius 2 is 1.60 bits per heavy atom. The number of amides is 1. The number of para-hydroxylation sites is 1. The van der Waals surface area contributed by atoms with Gasteiger partial charge in [-0.05, 0) is 30.3 Å². The van der Waals surface area contributed by atoms with Crippen molar-refractivity contribution in [3.63, 3.8) is 0 Å². The number of rotatable bonds is 3. The van der Waals surface area contributed by atoms with E-state index in [0.29, 0.717) is 37.6 Å². The summed E-state index contributed by atoms with van der Waals surface area (Å²) in [4.78, 5) is 15.6. The molecule has 3 aromatic rings. The van der Waals surface area contributed by atoms with Crippen molar-refractivity contribution < 1.29 is 26.4 Å². The molecule has 1 aliphatic heterocycles. The summed E-state index contributed by atoms with van der Waals surface area (Å²) >= 11 is 0. The maximum atomic E-state index is 12.8. The van der Waals surface area contributed by atoms with Gasteiger partial charge in [0.1, 0.15) is 0 Å². The number of halogens is 3. The zero-order chi connectivity index (χ0) is 21.5. The first kappa shape index (κ1) is 20.2. The molecule has 7 nitrogen and oxygen atoms in total. The Balaban J connectivity index is 1.44. The van der Waals surface area contributed by atoms with Crippen molar-refractivity contribution in [2.45, 2.75) is 10.4 Å². The minimum Gasteiger partial charge on any atom is -0.368 e. The molecule has 30 heavy (non-hydrogen) atoms. The fraction of sp³-hybridized carbons (Fsp3) is 0.263. The standard InChI is InChI=1S/C19H17F3N4O3S/c20-19(21,22)30(28,29)14-7-5-13(6-8-14)25-9-11-26(12-10-25)18(27)17-15-3-1-2-4-16(15)23-24-17/h1-8H,9-12H2,(H,23,24). The molecule has 4 rings (SSSR count). The van der Waals surface area contributed by atoms with E-state index in [2.05, 4.69) is 10.2 Å². The Kier molecular flexibility index (Phi) is 4.92. The topological polar surface area (TPSA) is 86.4 Å². The first-order chi connectivity index (χ1) is 14.2. The molecule has 11 heteroatoms. The molecule has 0 bridgehead atoms. The van der Waals surface area contributed by atoms with Gasteiger partial charge in [-0.3, -0.25) is 9.89 Å². The van der Waals surface area contributed by atoms with Crippen LogP contribution in [0.3, 0.4) is 0 Å². The summed E-state index contributed by atoms with van der Waals surface area (Å²) in [5, 5.41) is 7.70. The molecule has 0 saturated carbocycles. The minimum atomic E-state index is -5.37. The number of piperazine rings is 1. The number of alkyl halides is 3. The molecule has 0 radical (unpaired) electrons. The maximum absolute atomic E-state index is 12.8. The van der Waals surface area contributed by atoms with Gasteiger partial charge in [-0.25, -0.2) is 8.42 Å². The van der Waals surface area contributed by atoms with E-state index in [1.54, 1.807) is 4.90 Å². The number of carbonyl (C=O) groups excluding carboxylic acids is 1. The SMILES string of the molecule is O=C(c1n[nH]c2ccccc12)N1CCN(c2ccc(S(=O)(=O)C(F)(F)F)cc2)CC1. The summed E-state index contributed by atoms with van der Waals surface area (Å²) in [5.41, 5.74) is -3.63. The van der Waals surface area contributed by atoms with Gasteiger partial charge in [0.2, 0.25) is 0 Å². The van der Waals surface area contributed by atoms with E-state index in [1.165, 1.54) is 12.1 Å². The van der Waals surface area contributed by atoms with Crippen LogP contribution in [-0.4, -0.2) is 61.1 Å². The van der Waals surface area contributed by atoms with Crippen molar-refractivity contribution in [1.82, 2.24) is 15.1 Å². The maximum Gasteiger partial charge on any atom is 0.501 e. The number of anilines is 1. The number of benzene rings is 2. The summed E-state index contributed by atoms with van der Waals surface area (Å²) in [6.45, 7) is 1.73. The zero-order valence-electron chi connectivity index (χ0n) is 15.6. The van der Waals surface area contributed by atoms with Crippen LogP contribution in [0.25, 0.3) is 10.9 Å². The van der Waals surface area contributed by atoms with Crippen LogP contribution in [0.5, 0.6) is 0 Å². The number of H-pyrrole nitrogens is 1. The van der Waals surface area contributed by atoms with E-state index in [-0.39, 0.29) is 5.91 Å². The zero-order valence-corrected chi connectivity index (χ0v) is 16.4. The van der Waals surface area contributed by atoms with Gasteiger partial charge in [-0.1, -0.05) is 18.2 Å². The second-order valence-corrected chi connectivity index (χ2v) is 8.78. The van der Waals surface area contributed by atoms with E-state index in [1.807, 2.05) is 29.2 Å². The van der Waals surface area contributed by atoms with Crippen LogP contribution in [0.4, 0.5) is 18.9 Å². The van der Waals surface area contributed by atoms with Crippen LogP contribution >= 0.6 is 0 Å². The van der Waals surface area contributed by atoms with Gasteiger partial charge in [0, 0.05) is 37.3 Å². The fourth-order valence-corrected chi connectivity index (χ4v) is 4.18. The summed E-state index contributed by atoms with van der Waals surface area (Å²) < 4.78 is 60.9. The number of aromatic nitrogens is 2. The lowest BCUT2D eigenvalue weighted by molar-refractivity contribution is -0.0436. The molecular weight excluding hydrogens is 421 g/mol. The van der Waals surface area contributed by atoms with Crippen LogP contribution in [-0.2, 0) is 9.84 Å². The molecule has 0 spiro atoms. The molecular formula is C19H17F3N4O3S. The predicted molar refractivity (Wildman–Crippen MR) is 104 cm³/mol. The molecule has 1 fully saturated rings. The van der Waals surface area contributed by atoms with Gasteiger partial charge in [0.15, 0.2) is 5.69 Å². The second-order valence-electron chi connectivity index (χ2n) is 6.84. The number of hydrogen-bond acceptors (Lipinski definition) is 5. The average molecular weight is 438 g/mol. The Morgan fingerprint density at radius 1 is 0.967 bits per heavy atom. The van der Waals surface area contributed by atoms with E-state index in [9.17, 15) is 26.4 Å². The lowest BCUT2D eigenvalue weighted by atomic mass is 10.2. The number of nitrogens with one attached hydrogen (secondary N) is 1. The molecule has 1 aromatic heterocycles. The lowest BCUT2D eigenvalue weighted by Crippen LogP contribution is -2.49. The fourth-order valence-electron chi connectivity index (χ4n) is 3.41. The van der Waals surface area contributed by atoms with E-state index in [4.69, 9.17) is 0 Å². The molecule has 2 aromatic carbocycles.